The van der Waals surface area contributed by atoms with Gasteiger partial charge in [-0.25, -0.2) is 0 Å². The zero-order valence-electron chi connectivity index (χ0n) is 40.9. The first-order chi connectivity index (χ1) is 31.9. The molecule has 0 fully saturated rings. The summed E-state index contributed by atoms with van der Waals surface area (Å²) in [5.74, 6) is 0. The highest BCUT2D eigenvalue weighted by atomic mass is 16.3. The third-order valence-corrected chi connectivity index (χ3v) is 15.3. The Balaban J connectivity index is 1.29. The van der Waals surface area contributed by atoms with Crippen molar-refractivity contribution < 1.29 is 4.42 Å². The summed E-state index contributed by atoms with van der Waals surface area (Å²) in [4.78, 5) is 5.27. The van der Waals surface area contributed by atoms with Crippen LogP contribution in [0, 0.1) is 0 Å². The summed E-state index contributed by atoms with van der Waals surface area (Å²) >= 11 is 0. The molecule has 0 atom stereocenters. The molecule has 3 nitrogen and oxygen atoms in total. The molecular formula is C63H59BN2O. The lowest BCUT2D eigenvalue weighted by atomic mass is 9.42. The molecule has 0 spiro atoms. The molecule has 0 bridgehead atoms. The lowest BCUT2D eigenvalue weighted by Gasteiger charge is -2.47. The van der Waals surface area contributed by atoms with Gasteiger partial charge in [-0.3, -0.25) is 0 Å². The number of hydrogen-bond acceptors (Lipinski definition) is 3. The molecule has 9 aromatic rings. The molecule has 2 aliphatic heterocycles. The zero-order valence-corrected chi connectivity index (χ0v) is 40.9. The molecule has 0 N–H and O–H groups in total. The lowest BCUT2D eigenvalue weighted by molar-refractivity contribution is 0.590. The normalized spacial score (nSPS) is 14.8. The monoisotopic (exact) mass is 870 g/mol. The fourth-order valence-corrected chi connectivity index (χ4v) is 11.7. The van der Waals surface area contributed by atoms with E-state index in [1.54, 1.807) is 0 Å². The van der Waals surface area contributed by atoms with Crippen LogP contribution in [0.2, 0.25) is 0 Å². The minimum absolute atomic E-state index is 0.0121. The predicted octanol–water partition coefficient (Wildman–Crippen LogP) is 16.2. The number of anilines is 5. The van der Waals surface area contributed by atoms with Gasteiger partial charge >= 0.3 is 6.85 Å². The summed E-state index contributed by atoms with van der Waals surface area (Å²) in [6, 6.07) is 59.9. The smallest absolute Gasteiger partial charge is 0.336 e. The van der Waals surface area contributed by atoms with Gasteiger partial charge in [-0.05, 0) is 132 Å². The topological polar surface area (TPSA) is 19.6 Å². The Bertz CT molecular complexity index is 3500. The van der Waals surface area contributed by atoms with Gasteiger partial charge in [0.05, 0.1) is 5.69 Å². The van der Waals surface area contributed by atoms with E-state index in [2.05, 4.69) is 244 Å². The van der Waals surface area contributed by atoms with Crippen LogP contribution in [0.1, 0.15) is 104 Å². The minimum atomic E-state index is -0.271. The van der Waals surface area contributed by atoms with Crippen LogP contribution in [0.4, 0.5) is 28.4 Å². The van der Waals surface area contributed by atoms with Crippen LogP contribution in [-0.2, 0) is 21.7 Å². The molecule has 0 unspecified atom stereocenters. The molecule has 0 radical (unpaired) electrons. The maximum absolute atomic E-state index is 7.26. The van der Waals surface area contributed by atoms with Gasteiger partial charge in [0, 0.05) is 55.5 Å². The van der Waals surface area contributed by atoms with E-state index in [0.29, 0.717) is 0 Å². The second-order valence-corrected chi connectivity index (χ2v) is 23.0. The van der Waals surface area contributed by atoms with Crippen LogP contribution >= 0.6 is 0 Å². The summed E-state index contributed by atoms with van der Waals surface area (Å²) in [5.41, 5.74) is 24.2. The Labute approximate surface area is 397 Å². The molecule has 0 amide bonds. The molecule has 3 aliphatic rings. The highest BCUT2D eigenvalue weighted by molar-refractivity contribution is 6.95. The van der Waals surface area contributed by atoms with Crippen molar-refractivity contribution in [2.24, 2.45) is 0 Å². The standard InChI is InChI=1S/C63H59BN2O/c1-60(2,3)39-25-29-42(30-26-39)66-51-33-28-41(62(7,8)9)36-48(51)55-56-47(43-21-15-17-23-49(43)63(56,10)11)37-53-57(55)64(66)58-52(34-31-45-44-22-16-18-24-54(44)67-59(45)58)65(53)50-32-27-40(61(4,5)6)35-46(50)38-19-13-12-14-20-38/h12-37H,1-11H3. The number of para-hydroxylation sites is 1. The second-order valence-electron chi connectivity index (χ2n) is 23.0. The van der Waals surface area contributed by atoms with Crippen LogP contribution in [0.5, 0.6) is 0 Å². The van der Waals surface area contributed by atoms with Crippen molar-refractivity contribution in [2.45, 2.75) is 97.8 Å². The van der Waals surface area contributed by atoms with Gasteiger partial charge in [0.2, 0.25) is 0 Å². The van der Waals surface area contributed by atoms with Crippen molar-refractivity contribution in [3.05, 3.63) is 186 Å². The van der Waals surface area contributed by atoms with E-state index in [9.17, 15) is 0 Å². The maximum atomic E-state index is 7.26. The van der Waals surface area contributed by atoms with Crippen molar-refractivity contribution in [1.29, 1.82) is 0 Å². The van der Waals surface area contributed by atoms with E-state index >= 15 is 0 Å². The molecule has 12 rings (SSSR count). The Morgan fingerprint density at radius 1 is 0.463 bits per heavy atom. The van der Waals surface area contributed by atoms with Crippen LogP contribution in [-0.4, -0.2) is 6.85 Å². The Morgan fingerprint density at radius 3 is 1.76 bits per heavy atom. The minimum Gasteiger partial charge on any atom is -0.456 e. The van der Waals surface area contributed by atoms with Crippen LogP contribution in [0.25, 0.3) is 55.3 Å². The van der Waals surface area contributed by atoms with E-state index < -0.39 is 0 Å². The molecular weight excluding hydrogens is 812 g/mol. The van der Waals surface area contributed by atoms with E-state index in [1.807, 2.05) is 0 Å². The Morgan fingerprint density at radius 2 is 1.06 bits per heavy atom. The van der Waals surface area contributed by atoms with E-state index in [4.69, 9.17) is 4.42 Å². The molecule has 1 aromatic heterocycles. The average molecular weight is 871 g/mol. The third-order valence-electron chi connectivity index (χ3n) is 15.3. The van der Waals surface area contributed by atoms with Crippen LogP contribution in [0.15, 0.2) is 162 Å². The van der Waals surface area contributed by atoms with Gasteiger partial charge in [-0.2, -0.15) is 0 Å². The number of furan rings is 1. The van der Waals surface area contributed by atoms with Crippen molar-refractivity contribution >= 4 is 68.1 Å². The first-order valence-corrected chi connectivity index (χ1v) is 24.2. The van der Waals surface area contributed by atoms with E-state index in [0.717, 1.165) is 39.0 Å². The van der Waals surface area contributed by atoms with Gasteiger partial charge in [-0.15, -0.1) is 0 Å². The molecule has 0 saturated heterocycles. The van der Waals surface area contributed by atoms with Crippen molar-refractivity contribution in [3.63, 3.8) is 0 Å². The summed E-state index contributed by atoms with van der Waals surface area (Å²) in [5, 5.41) is 2.27. The summed E-state index contributed by atoms with van der Waals surface area (Å²) in [6.07, 6.45) is 0. The first kappa shape index (κ1) is 41.6. The van der Waals surface area contributed by atoms with Gasteiger partial charge in [0.25, 0.3) is 0 Å². The Kier molecular flexibility index (Phi) is 8.78. The largest absolute Gasteiger partial charge is 0.456 e. The molecule has 0 saturated carbocycles. The second kappa shape index (κ2) is 14.1. The zero-order chi connectivity index (χ0) is 46.5. The molecule has 3 heterocycles. The van der Waals surface area contributed by atoms with Gasteiger partial charge in [-0.1, -0.05) is 173 Å². The van der Waals surface area contributed by atoms with Crippen LogP contribution in [0.3, 0.4) is 0 Å². The highest BCUT2D eigenvalue weighted by Crippen LogP contribution is 2.58. The quantitative estimate of drug-likeness (QED) is 0.165. The summed E-state index contributed by atoms with van der Waals surface area (Å²) < 4.78 is 7.26. The van der Waals surface area contributed by atoms with Gasteiger partial charge in [0.15, 0.2) is 0 Å². The third kappa shape index (κ3) is 6.11. The van der Waals surface area contributed by atoms with E-state index in [1.165, 1.54) is 83.5 Å². The number of fused-ring (bicyclic) bond motifs is 12. The molecule has 4 heteroatoms. The maximum Gasteiger partial charge on any atom is 0.336 e. The van der Waals surface area contributed by atoms with E-state index in [-0.39, 0.29) is 28.5 Å². The SMILES string of the molecule is CC(C)(C)c1ccc(N2B3c4c(cc5c(c4-c4cc(C(C)(C)C)ccc42)C(C)(C)c2ccccc2-5)N(c2ccc(C(C)(C)C)cc2-c2ccccc2)c2ccc4c(oc5ccccc54)c23)cc1. The fraction of sp³-hybridized carbons (Fsp3) is 0.238. The van der Waals surface area contributed by atoms with Gasteiger partial charge < -0.3 is 14.1 Å². The summed E-state index contributed by atoms with van der Waals surface area (Å²) in [6.45, 7) is 25.6. The Hall–Kier alpha value is -6.78. The van der Waals surface area contributed by atoms with Crippen LogP contribution < -0.4 is 20.6 Å². The molecule has 330 valence electrons. The van der Waals surface area contributed by atoms with Gasteiger partial charge in [0.1, 0.15) is 11.2 Å². The van der Waals surface area contributed by atoms with Crippen molar-refractivity contribution in [3.8, 4) is 33.4 Å². The molecule has 67 heavy (non-hydrogen) atoms. The number of nitrogens with zero attached hydrogens (tertiary/aromatic N) is 2. The van der Waals surface area contributed by atoms with Crippen molar-refractivity contribution in [1.82, 2.24) is 0 Å². The molecule has 8 aromatic carbocycles. The fourth-order valence-electron chi connectivity index (χ4n) is 11.7. The lowest BCUT2D eigenvalue weighted by Crippen LogP contribution is -2.62. The highest BCUT2D eigenvalue weighted by Gasteiger charge is 2.51. The first-order valence-electron chi connectivity index (χ1n) is 24.2. The predicted molar refractivity (Wildman–Crippen MR) is 287 cm³/mol. The summed E-state index contributed by atoms with van der Waals surface area (Å²) in [7, 11) is 0. The number of rotatable bonds is 3. The number of benzene rings is 8. The van der Waals surface area contributed by atoms with Crippen molar-refractivity contribution in [2.75, 3.05) is 9.71 Å². The average Bonchev–Trinajstić information content (AvgIpc) is 3.79. The molecule has 1 aliphatic carbocycles. The number of hydrogen-bond donors (Lipinski definition) is 0.